The highest BCUT2D eigenvalue weighted by molar-refractivity contribution is 7.63. The molecular formula is C21H12NP. The van der Waals surface area contributed by atoms with Crippen LogP contribution in [0.5, 0.6) is 0 Å². The molecule has 0 spiro atoms. The van der Waals surface area contributed by atoms with E-state index >= 15 is 0 Å². The summed E-state index contributed by atoms with van der Waals surface area (Å²) in [6, 6.07) is 24.4. The van der Waals surface area contributed by atoms with E-state index in [1.807, 2.05) is 6.20 Å². The van der Waals surface area contributed by atoms with Crippen LogP contribution in [0.4, 0.5) is 0 Å². The molecule has 3 aromatic heterocycles. The second kappa shape index (κ2) is 4.01. The highest BCUT2D eigenvalue weighted by atomic mass is 31.1. The first kappa shape index (κ1) is 11.9. The lowest BCUT2D eigenvalue weighted by Gasteiger charge is -2.10. The van der Waals surface area contributed by atoms with Gasteiger partial charge in [-0.05, 0) is 28.3 Å². The third-order valence-corrected chi connectivity index (χ3v) is 7.62. The van der Waals surface area contributed by atoms with E-state index in [-0.39, 0.29) is 0 Å². The van der Waals surface area contributed by atoms with Crippen LogP contribution < -0.4 is 0 Å². The molecule has 106 valence electrons. The van der Waals surface area contributed by atoms with Crippen LogP contribution in [-0.2, 0) is 0 Å². The number of hydrogen-bond donors (Lipinski definition) is 0. The molecule has 0 aliphatic heterocycles. The van der Waals surface area contributed by atoms with Gasteiger partial charge < -0.3 is 0 Å². The molecule has 1 atom stereocenters. The van der Waals surface area contributed by atoms with Gasteiger partial charge in [-0.2, -0.15) is 0 Å². The second-order valence-corrected chi connectivity index (χ2v) is 8.17. The number of benzene rings is 3. The summed E-state index contributed by atoms with van der Waals surface area (Å²) in [6.45, 7) is 0. The minimum absolute atomic E-state index is 0.454. The Kier molecular flexibility index (Phi) is 2.07. The predicted octanol–water partition coefficient (Wildman–Crippen LogP) is 6.57. The van der Waals surface area contributed by atoms with Gasteiger partial charge in [-0.15, -0.1) is 0 Å². The Morgan fingerprint density at radius 3 is 2.26 bits per heavy atom. The summed E-state index contributed by atoms with van der Waals surface area (Å²) in [5.41, 5.74) is 1.15. The van der Waals surface area contributed by atoms with Crippen molar-refractivity contribution in [1.82, 2.24) is 4.98 Å². The number of hydrogen-bond acceptors (Lipinski definition) is 1. The Morgan fingerprint density at radius 2 is 1.39 bits per heavy atom. The van der Waals surface area contributed by atoms with E-state index < -0.39 is 7.34 Å². The second-order valence-electron chi connectivity index (χ2n) is 6.09. The summed E-state index contributed by atoms with van der Waals surface area (Å²) in [5.74, 6) is 0. The lowest BCUT2D eigenvalue weighted by molar-refractivity contribution is 1.44. The summed E-state index contributed by atoms with van der Waals surface area (Å²) in [4.78, 5) is 4.76. The molecular weight excluding hydrogens is 297 g/mol. The molecule has 0 amide bonds. The van der Waals surface area contributed by atoms with Gasteiger partial charge in [-0.3, -0.25) is 4.98 Å². The molecule has 0 radical (unpaired) electrons. The van der Waals surface area contributed by atoms with Crippen molar-refractivity contribution in [2.24, 2.45) is 0 Å². The number of rotatable bonds is 0. The lowest BCUT2D eigenvalue weighted by atomic mass is 10.0. The van der Waals surface area contributed by atoms with Crippen LogP contribution in [0.1, 0.15) is 0 Å². The largest absolute Gasteiger partial charge is 0.256 e. The number of fused-ring (bicyclic) bond motifs is 6. The van der Waals surface area contributed by atoms with Crippen molar-refractivity contribution in [3.63, 3.8) is 0 Å². The van der Waals surface area contributed by atoms with E-state index in [2.05, 4.69) is 66.7 Å². The van der Waals surface area contributed by atoms with Gasteiger partial charge in [-0.1, -0.05) is 61.9 Å². The minimum Gasteiger partial charge on any atom is -0.256 e. The standard InChI is InChI=1S/C21H12NP/c1-3-7-17-14(5-1)15-10-9-13-11-12-22-20-16-6-2-4-8-18(16)23(17)21(15)19(13)20/h1-12H. The van der Waals surface area contributed by atoms with Crippen molar-refractivity contribution in [3.8, 4) is 0 Å². The van der Waals surface area contributed by atoms with Crippen LogP contribution in [0.2, 0.25) is 0 Å². The van der Waals surface area contributed by atoms with Crippen LogP contribution in [-0.4, -0.2) is 4.98 Å². The maximum absolute atomic E-state index is 4.76. The molecule has 2 heteroatoms. The molecule has 0 fully saturated rings. The van der Waals surface area contributed by atoms with Crippen LogP contribution in [0.3, 0.4) is 0 Å². The van der Waals surface area contributed by atoms with E-state index in [4.69, 9.17) is 4.98 Å². The molecule has 23 heavy (non-hydrogen) atoms. The first-order chi connectivity index (χ1) is 11.4. The molecule has 6 rings (SSSR count). The fourth-order valence-corrected chi connectivity index (χ4v) is 7.00. The summed E-state index contributed by atoms with van der Waals surface area (Å²) >= 11 is 0. The quantitative estimate of drug-likeness (QED) is 0.228. The zero-order valence-electron chi connectivity index (χ0n) is 12.3. The van der Waals surface area contributed by atoms with Gasteiger partial charge in [0.25, 0.3) is 0 Å². The van der Waals surface area contributed by atoms with E-state index in [9.17, 15) is 0 Å². The molecule has 0 saturated heterocycles. The fraction of sp³-hybridized carbons (Fsp3) is 0. The topological polar surface area (TPSA) is 12.9 Å². The smallest absolute Gasteiger partial charge is 0.0799 e. The maximum atomic E-state index is 4.76. The van der Waals surface area contributed by atoms with Crippen molar-refractivity contribution in [2.45, 2.75) is 0 Å². The molecule has 1 nitrogen and oxygen atoms in total. The Balaban J connectivity index is 2.18. The Morgan fingerprint density at radius 1 is 0.652 bits per heavy atom. The average Bonchev–Trinajstić information content (AvgIpc) is 2.96. The average molecular weight is 309 g/mol. The molecule has 1 unspecified atom stereocenters. The van der Waals surface area contributed by atoms with Gasteiger partial charge in [-0.25, -0.2) is 0 Å². The molecule has 0 bridgehead atoms. The van der Waals surface area contributed by atoms with E-state index in [1.165, 1.54) is 42.3 Å². The van der Waals surface area contributed by atoms with Crippen LogP contribution >= 0.6 is 7.34 Å². The Labute approximate surface area is 133 Å². The highest BCUT2D eigenvalue weighted by Crippen LogP contribution is 2.55. The molecule has 0 N–H and O–H groups in total. The third-order valence-electron chi connectivity index (χ3n) is 4.96. The summed E-state index contributed by atoms with van der Waals surface area (Å²) in [7, 11) is -0.454. The zero-order chi connectivity index (χ0) is 15.0. The molecule has 3 aromatic carbocycles. The van der Waals surface area contributed by atoms with Gasteiger partial charge in [0.1, 0.15) is 0 Å². The monoisotopic (exact) mass is 309 g/mol. The molecule has 0 aliphatic carbocycles. The highest BCUT2D eigenvalue weighted by Gasteiger charge is 2.18. The minimum atomic E-state index is -0.454. The van der Waals surface area contributed by atoms with E-state index in [0.717, 1.165) is 5.52 Å². The summed E-state index contributed by atoms with van der Waals surface area (Å²) in [5, 5.41) is 11.3. The van der Waals surface area contributed by atoms with Gasteiger partial charge in [0.05, 0.1) is 5.52 Å². The molecule has 0 saturated carbocycles. The van der Waals surface area contributed by atoms with Crippen LogP contribution in [0.25, 0.3) is 47.8 Å². The van der Waals surface area contributed by atoms with Gasteiger partial charge in [0.2, 0.25) is 0 Å². The van der Waals surface area contributed by atoms with Gasteiger partial charge in [0, 0.05) is 32.3 Å². The maximum Gasteiger partial charge on any atom is 0.0799 e. The lowest BCUT2D eigenvalue weighted by Crippen LogP contribution is -1.83. The molecule has 6 aromatic rings. The van der Waals surface area contributed by atoms with Crippen molar-refractivity contribution in [3.05, 3.63) is 72.9 Å². The van der Waals surface area contributed by atoms with E-state index in [0.29, 0.717) is 0 Å². The van der Waals surface area contributed by atoms with Crippen molar-refractivity contribution in [1.29, 1.82) is 0 Å². The Hall–Kier alpha value is -2.63. The third kappa shape index (κ3) is 1.33. The fourth-order valence-electron chi connectivity index (χ4n) is 4.04. The SMILES string of the molecule is c1ccc2c(c1)c1ccc3ccnc4c5ccccc5p2c1c34. The Bertz CT molecular complexity index is 1340. The zero-order valence-corrected chi connectivity index (χ0v) is 13.2. The van der Waals surface area contributed by atoms with Crippen molar-refractivity contribution < 1.29 is 0 Å². The van der Waals surface area contributed by atoms with Crippen molar-refractivity contribution >= 4 is 55.1 Å². The normalized spacial score (nSPS) is 13.1. The van der Waals surface area contributed by atoms with Gasteiger partial charge >= 0.3 is 0 Å². The van der Waals surface area contributed by atoms with E-state index in [1.54, 1.807) is 0 Å². The number of aromatic nitrogens is 1. The molecule has 0 aliphatic rings. The number of nitrogens with zero attached hydrogens (tertiary/aromatic N) is 1. The van der Waals surface area contributed by atoms with Crippen molar-refractivity contribution in [2.75, 3.05) is 0 Å². The first-order valence-corrected chi connectivity index (χ1v) is 9.18. The predicted molar refractivity (Wildman–Crippen MR) is 101 cm³/mol. The number of pyridine rings is 1. The molecule has 3 heterocycles. The van der Waals surface area contributed by atoms with Crippen LogP contribution in [0.15, 0.2) is 72.9 Å². The van der Waals surface area contributed by atoms with Crippen LogP contribution in [0, 0.1) is 0 Å². The summed E-state index contributed by atoms with van der Waals surface area (Å²) < 4.78 is 0. The summed E-state index contributed by atoms with van der Waals surface area (Å²) in [6.07, 6.45) is 1.94. The van der Waals surface area contributed by atoms with Gasteiger partial charge in [0.15, 0.2) is 0 Å². The first-order valence-electron chi connectivity index (χ1n) is 7.84.